The highest BCUT2D eigenvalue weighted by molar-refractivity contribution is 6.35. The molecular weight excluding hydrogens is 234 g/mol. The molecule has 0 spiro atoms. The molecule has 0 bridgehead atoms. The Kier molecular flexibility index (Phi) is 25.2. The lowest BCUT2D eigenvalue weighted by Crippen LogP contribution is -2.15. The lowest BCUT2D eigenvalue weighted by Gasteiger charge is -1.87. The summed E-state index contributed by atoms with van der Waals surface area (Å²) in [5.41, 5.74) is 0. The number of hydrogen-bond donors (Lipinski definition) is 1. The number of nitrogens with one attached hydrogen (secondary N) is 1. The van der Waals surface area contributed by atoms with Crippen molar-refractivity contribution in [3.05, 3.63) is 0 Å². The molecule has 0 aliphatic carbocycles. The van der Waals surface area contributed by atoms with E-state index in [0.29, 0.717) is 12.8 Å². The Morgan fingerprint density at radius 1 is 0.833 bits per heavy atom. The van der Waals surface area contributed by atoms with Gasteiger partial charge in [0, 0.05) is 33.7 Å². The van der Waals surface area contributed by atoms with Crippen molar-refractivity contribution in [1.29, 1.82) is 0 Å². The van der Waals surface area contributed by atoms with Crippen molar-refractivity contribution < 1.29 is 19.2 Å². The van der Waals surface area contributed by atoms with E-state index in [2.05, 4.69) is 5.32 Å². The van der Waals surface area contributed by atoms with Gasteiger partial charge in [-0.2, -0.15) is 0 Å². The van der Waals surface area contributed by atoms with E-state index >= 15 is 0 Å². The molecule has 5 heteroatoms. The second-order valence-electron chi connectivity index (χ2n) is 3.19. The van der Waals surface area contributed by atoms with E-state index in [1.165, 1.54) is 13.8 Å². The summed E-state index contributed by atoms with van der Waals surface area (Å²) in [7, 11) is 1.63. The van der Waals surface area contributed by atoms with E-state index < -0.39 is 0 Å². The molecule has 0 aliphatic rings. The van der Waals surface area contributed by atoms with Gasteiger partial charge in [0.05, 0.1) is 0 Å². The minimum atomic E-state index is -0.380. The van der Waals surface area contributed by atoms with Crippen LogP contribution in [0.5, 0.6) is 0 Å². The number of amides is 1. The number of Topliss-reactive ketones (excluding diaryl/α,β-unsaturated/α-hetero) is 3. The van der Waals surface area contributed by atoms with Gasteiger partial charge in [0.25, 0.3) is 0 Å². The summed E-state index contributed by atoms with van der Waals surface area (Å²) in [6.45, 7) is 7.76. The molecule has 0 aromatic carbocycles. The molecule has 5 nitrogen and oxygen atoms in total. The van der Waals surface area contributed by atoms with Crippen LogP contribution in [0.4, 0.5) is 0 Å². The van der Waals surface area contributed by atoms with E-state index in [1.54, 1.807) is 14.0 Å². The van der Waals surface area contributed by atoms with Crippen LogP contribution < -0.4 is 5.32 Å². The van der Waals surface area contributed by atoms with Crippen LogP contribution in [0.3, 0.4) is 0 Å². The van der Waals surface area contributed by atoms with Crippen LogP contribution in [-0.2, 0) is 19.2 Å². The Morgan fingerprint density at radius 2 is 1.11 bits per heavy atom. The van der Waals surface area contributed by atoms with Gasteiger partial charge >= 0.3 is 0 Å². The van der Waals surface area contributed by atoms with E-state index in [9.17, 15) is 19.2 Å². The van der Waals surface area contributed by atoms with Crippen LogP contribution >= 0.6 is 0 Å². The first-order chi connectivity index (χ1) is 7.72. The summed E-state index contributed by atoms with van der Waals surface area (Å²) in [6, 6.07) is 0. The van der Waals surface area contributed by atoms with Crippen LogP contribution in [-0.4, -0.2) is 30.3 Å². The van der Waals surface area contributed by atoms with Crippen molar-refractivity contribution in [3.63, 3.8) is 0 Å². The molecule has 0 unspecified atom stereocenters. The topological polar surface area (TPSA) is 80.3 Å². The van der Waals surface area contributed by atoms with E-state index in [1.807, 2.05) is 13.8 Å². The number of rotatable bonds is 3. The van der Waals surface area contributed by atoms with Crippen LogP contribution in [0, 0.1) is 0 Å². The molecule has 0 aliphatic heterocycles. The number of carbonyl (C=O) groups is 4. The molecule has 0 saturated heterocycles. The average Bonchev–Trinajstić information content (AvgIpc) is 2.29. The van der Waals surface area contributed by atoms with Gasteiger partial charge in [-0.1, -0.05) is 21.3 Å². The summed E-state index contributed by atoms with van der Waals surface area (Å²) in [4.78, 5) is 39.5. The maximum Gasteiger partial charge on any atom is 0.219 e. The predicted octanol–water partition coefficient (Wildman–Crippen LogP) is 1.93. The zero-order chi connectivity index (χ0) is 14.4. The Bertz CT molecular complexity index is 242. The summed E-state index contributed by atoms with van der Waals surface area (Å²) >= 11 is 0. The molecule has 0 fully saturated rings. The third-order valence-corrected chi connectivity index (χ3v) is 1.59. The van der Waals surface area contributed by atoms with Crippen molar-refractivity contribution in [2.75, 3.05) is 7.05 Å². The zero-order valence-corrected chi connectivity index (χ0v) is 11.5. The van der Waals surface area contributed by atoms with Gasteiger partial charge in [0.2, 0.25) is 5.91 Å². The van der Waals surface area contributed by atoms with E-state index in [-0.39, 0.29) is 30.7 Å². The molecule has 1 N–H and O–H groups in total. The molecule has 0 heterocycles. The highest BCUT2D eigenvalue weighted by Crippen LogP contribution is 1.71. The highest BCUT2D eigenvalue weighted by Gasteiger charge is 1.94. The van der Waals surface area contributed by atoms with Crippen molar-refractivity contribution in [2.24, 2.45) is 0 Å². The quantitative estimate of drug-likeness (QED) is 0.787. The minimum Gasteiger partial charge on any atom is -0.359 e. The monoisotopic (exact) mass is 261 g/mol. The van der Waals surface area contributed by atoms with Gasteiger partial charge in [-0.3, -0.25) is 14.4 Å². The molecule has 1 amide bonds. The predicted molar refractivity (Wildman–Crippen MR) is 73.4 cm³/mol. The number of carbonyl (C=O) groups excluding carboxylic acids is 4. The van der Waals surface area contributed by atoms with Crippen LogP contribution in [0.1, 0.15) is 54.9 Å². The molecule has 0 rings (SSSR count). The maximum atomic E-state index is 10.1. The smallest absolute Gasteiger partial charge is 0.219 e. The van der Waals surface area contributed by atoms with Crippen molar-refractivity contribution in [1.82, 2.24) is 5.32 Å². The summed E-state index contributed by atoms with van der Waals surface area (Å²) < 4.78 is 0. The fraction of sp³-hybridized carbons (Fsp3) is 0.692. The SMILES string of the molecule is C.CC(=O)C(C)=O.CCC(=O)NC.CCC(C)=O. The fourth-order valence-electron chi connectivity index (χ4n) is 0.177. The second-order valence-corrected chi connectivity index (χ2v) is 3.19. The van der Waals surface area contributed by atoms with Crippen molar-refractivity contribution in [3.8, 4) is 0 Å². The Morgan fingerprint density at radius 3 is 1.11 bits per heavy atom. The van der Waals surface area contributed by atoms with Gasteiger partial charge in [0.1, 0.15) is 5.78 Å². The van der Waals surface area contributed by atoms with Crippen LogP contribution in [0.25, 0.3) is 0 Å². The molecule has 0 aromatic rings. The molecule has 18 heavy (non-hydrogen) atoms. The second kappa shape index (κ2) is 17.9. The highest BCUT2D eigenvalue weighted by atomic mass is 16.2. The lowest BCUT2D eigenvalue weighted by molar-refractivity contribution is -0.134. The lowest BCUT2D eigenvalue weighted by atomic mass is 10.3. The summed E-state index contributed by atoms with van der Waals surface area (Å²) in [5, 5.41) is 2.48. The molecule has 0 atom stereocenters. The van der Waals surface area contributed by atoms with Gasteiger partial charge in [-0.25, -0.2) is 0 Å². The first kappa shape index (κ1) is 25.4. The minimum absolute atomic E-state index is 0. The maximum absolute atomic E-state index is 10.1. The molecule has 0 radical (unpaired) electrons. The first-order valence-corrected chi connectivity index (χ1v) is 5.44. The molecule has 108 valence electrons. The van der Waals surface area contributed by atoms with E-state index in [4.69, 9.17) is 0 Å². The Balaban J connectivity index is -0.0000000799. The number of hydrogen-bond acceptors (Lipinski definition) is 4. The third kappa shape index (κ3) is 36.6. The van der Waals surface area contributed by atoms with Gasteiger partial charge < -0.3 is 10.1 Å². The van der Waals surface area contributed by atoms with Crippen LogP contribution in [0.2, 0.25) is 0 Å². The molecular formula is C13H27NO4. The van der Waals surface area contributed by atoms with Crippen molar-refractivity contribution >= 4 is 23.3 Å². The first-order valence-electron chi connectivity index (χ1n) is 5.44. The fourth-order valence-corrected chi connectivity index (χ4v) is 0.177. The van der Waals surface area contributed by atoms with Gasteiger partial charge in [-0.05, 0) is 6.92 Å². The van der Waals surface area contributed by atoms with Crippen LogP contribution in [0.15, 0.2) is 0 Å². The van der Waals surface area contributed by atoms with E-state index in [0.717, 1.165) is 0 Å². The average molecular weight is 261 g/mol. The molecule has 0 aromatic heterocycles. The standard InChI is InChI=1S/C4H9NO.C4H6O2.C4H8O.CH4/c1-3-4(6)5-2;1-3(5)4(2)6;1-3-4(2)5;/h3H2,1-2H3,(H,5,6);1-2H3;3H2,1-2H3;1H4. The Labute approximate surface area is 110 Å². The molecule has 0 saturated carbocycles. The van der Waals surface area contributed by atoms with Crippen molar-refractivity contribution in [2.45, 2.75) is 54.9 Å². The van der Waals surface area contributed by atoms with Gasteiger partial charge in [-0.15, -0.1) is 0 Å². The zero-order valence-electron chi connectivity index (χ0n) is 11.5. The summed E-state index contributed by atoms with van der Waals surface area (Å²) in [5.74, 6) is -0.412. The summed E-state index contributed by atoms with van der Waals surface area (Å²) in [6.07, 6.45) is 1.25. The normalized spacial score (nSPS) is 7.22. The number of ketones is 3. The largest absolute Gasteiger partial charge is 0.359 e. The Hall–Kier alpha value is -1.52. The third-order valence-electron chi connectivity index (χ3n) is 1.59. The van der Waals surface area contributed by atoms with Gasteiger partial charge in [0.15, 0.2) is 11.6 Å².